The number of carbonyl (C=O) groups excluding carboxylic acids is 1. The standard InChI is InChI=1S/C15H23ClN2O/c1-3-11(14(17)13(16)4-2)10-18-15(19)12-8-6-5-7-9-12/h5-9,11,13-14H,3-4,10,17H2,1-2H3,(H,18,19). The topological polar surface area (TPSA) is 55.1 Å². The lowest BCUT2D eigenvalue weighted by molar-refractivity contribution is 0.0944. The highest BCUT2D eigenvalue weighted by Gasteiger charge is 2.22. The summed E-state index contributed by atoms with van der Waals surface area (Å²) in [4.78, 5) is 11.9. The summed E-state index contributed by atoms with van der Waals surface area (Å²) in [6, 6.07) is 9.10. The molecule has 0 heterocycles. The fourth-order valence-electron chi connectivity index (χ4n) is 2.04. The van der Waals surface area contributed by atoms with E-state index in [1.54, 1.807) is 12.1 Å². The fourth-order valence-corrected chi connectivity index (χ4v) is 2.24. The third-order valence-corrected chi connectivity index (χ3v) is 4.04. The average molecular weight is 283 g/mol. The second kappa shape index (κ2) is 8.18. The lowest BCUT2D eigenvalue weighted by atomic mass is 9.93. The maximum Gasteiger partial charge on any atom is 0.251 e. The molecule has 1 amide bonds. The molecule has 0 saturated carbocycles. The summed E-state index contributed by atoms with van der Waals surface area (Å²) < 4.78 is 0. The van der Waals surface area contributed by atoms with Gasteiger partial charge in [0.25, 0.3) is 5.91 Å². The van der Waals surface area contributed by atoms with E-state index in [0.717, 1.165) is 12.8 Å². The molecule has 1 aromatic carbocycles. The third kappa shape index (κ3) is 4.84. The van der Waals surface area contributed by atoms with Gasteiger partial charge in [-0.05, 0) is 24.5 Å². The monoisotopic (exact) mass is 282 g/mol. The molecule has 3 nitrogen and oxygen atoms in total. The van der Waals surface area contributed by atoms with Gasteiger partial charge in [-0.1, -0.05) is 38.5 Å². The maximum absolute atomic E-state index is 11.9. The number of hydrogen-bond acceptors (Lipinski definition) is 2. The normalized spacial score (nSPS) is 15.6. The van der Waals surface area contributed by atoms with Crippen LogP contribution in [-0.4, -0.2) is 23.9 Å². The Bertz CT molecular complexity index is 383. The van der Waals surface area contributed by atoms with Gasteiger partial charge in [-0.3, -0.25) is 4.79 Å². The minimum Gasteiger partial charge on any atom is -0.352 e. The van der Waals surface area contributed by atoms with Gasteiger partial charge in [0.2, 0.25) is 0 Å². The minimum absolute atomic E-state index is 0.0430. The number of rotatable bonds is 7. The van der Waals surface area contributed by atoms with E-state index in [2.05, 4.69) is 12.2 Å². The fraction of sp³-hybridized carbons (Fsp3) is 0.533. The van der Waals surface area contributed by atoms with E-state index in [9.17, 15) is 4.79 Å². The van der Waals surface area contributed by atoms with Gasteiger partial charge < -0.3 is 11.1 Å². The van der Waals surface area contributed by atoms with Gasteiger partial charge in [0.05, 0.1) is 0 Å². The molecular weight excluding hydrogens is 260 g/mol. The van der Waals surface area contributed by atoms with Crippen LogP contribution in [0.4, 0.5) is 0 Å². The van der Waals surface area contributed by atoms with E-state index in [1.807, 2.05) is 25.1 Å². The first-order valence-corrected chi connectivity index (χ1v) is 7.26. The van der Waals surface area contributed by atoms with Gasteiger partial charge >= 0.3 is 0 Å². The highest BCUT2D eigenvalue weighted by atomic mass is 35.5. The van der Waals surface area contributed by atoms with Gasteiger partial charge in [-0.2, -0.15) is 0 Å². The van der Waals surface area contributed by atoms with Crippen LogP contribution in [0.15, 0.2) is 30.3 Å². The van der Waals surface area contributed by atoms with Crippen molar-refractivity contribution in [3.63, 3.8) is 0 Å². The second-order valence-electron chi connectivity index (χ2n) is 4.75. The molecule has 0 spiro atoms. The van der Waals surface area contributed by atoms with E-state index < -0.39 is 0 Å². The van der Waals surface area contributed by atoms with E-state index in [1.165, 1.54) is 0 Å². The number of hydrogen-bond donors (Lipinski definition) is 2. The van der Waals surface area contributed by atoms with Crippen molar-refractivity contribution in [2.45, 2.75) is 38.1 Å². The lowest BCUT2D eigenvalue weighted by Gasteiger charge is -2.26. The Labute approximate surface area is 120 Å². The predicted octanol–water partition coefficient (Wildman–Crippen LogP) is 2.79. The zero-order chi connectivity index (χ0) is 14.3. The van der Waals surface area contributed by atoms with Gasteiger partial charge in [0.1, 0.15) is 0 Å². The molecule has 0 aromatic heterocycles. The molecule has 0 bridgehead atoms. The van der Waals surface area contributed by atoms with Crippen LogP contribution >= 0.6 is 11.6 Å². The van der Waals surface area contributed by atoms with Crippen LogP contribution in [0.1, 0.15) is 37.0 Å². The number of amides is 1. The number of nitrogens with one attached hydrogen (secondary N) is 1. The average Bonchev–Trinajstić information content (AvgIpc) is 2.47. The first-order valence-electron chi connectivity index (χ1n) is 6.83. The summed E-state index contributed by atoms with van der Waals surface area (Å²) in [5.41, 5.74) is 6.79. The van der Waals surface area contributed by atoms with Crippen molar-refractivity contribution in [2.75, 3.05) is 6.54 Å². The summed E-state index contributed by atoms with van der Waals surface area (Å²) in [5, 5.41) is 2.89. The highest BCUT2D eigenvalue weighted by molar-refractivity contribution is 6.21. The van der Waals surface area contributed by atoms with Crippen LogP contribution in [0.3, 0.4) is 0 Å². The Kier molecular flexibility index (Phi) is 6.89. The number of nitrogens with two attached hydrogens (primary N) is 1. The summed E-state index contributed by atoms with van der Waals surface area (Å²) in [7, 11) is 0. The second-order valence-corrected chi connectivity index (χ2v) is 5.31. The van der Waals surface area contributed by atoms with Crippen LogP contribution in [0.5, 0.6) is 0 Å². The van der Waals surface area contributed by atoms with Gasteiger partial charge in [-0.25, -0.2) is 0 Å². The maximum atomic E-state index is 11.9. The zero-order valence-corrected chi connectivity index (χ0v) is 12.4. The first kappa shape index (κ1) is 16.0. The molecule has 0 radical (unpaired) electrons. The highest BCUT2D eigenvalue weighted by Crippen LogP contribution is 2.16. The third-order valence-electron chi connectivity index (χ3n) is 3.44. The van der Waals surface area contributed by atoms with Crippen molar-refractivity contribution >= 4 is 17.5 Å². The SMILES string of the molecule is CCC(Cl)C(N)C(CC)CNC(=O)c1ccccc1. The molecule has 1 aromatic rings. The van der Waals surface area contributed by atoms with Gasteiger partial charge in [0, 0.05) is 23.5 Å². The van der Waals surface area contributed by atoms with E-state index >= 15 is 0 Å². The van der Waals surface area contributed by atoms with Crippen LogP contribution in [0, 0.1) is 5.92 Å². The minimum atomic E-state index is -0.0901. The summed E-state index contributed by atoms with van der Waals surface area (Å²) in [6.07, 6.45) is 1.74. The lowest BCUT2D eigenvalue weighted by Crippen LogP contribution is -2.43. The molecule has 0 aliphatic rings. The first-order chi connectivity index (χ1) is 9.10. The van der Waals surface area contributed by atoms with E-state index in [-0.39, 0.29) is 23.2 Å². The van der Waals surface area contributed by atoms with Crippen molar-refractivity contribution in [1.29, 1.82) is 0 Å². The van der Waals surface area contributed by atoms with Gasteiger partial charge in [-0.15, -0.1) is 11.6 Å². The summed E-state index contributed by atoms with van der Waals surface area (Å²) >= 11 is 6.18. The Hall–Kier alpha value is -1.06. The molecular formula is C15H23ClN2O. The molecule has 0 aliphatic heterocycles. The molecule has 3 atom stereocenters. The quantitative estimate of drug-likeness (QED) is 0.756. The molecule has 0 fully saturated rings. The number of carbonyl (C=O) groups is 1. The van der Waals surface area contributed by atoms with Crippen molar-refractivity contribution in [2.24, 2.45) is 11.7 Å². The number of halogens is 1. The molecule has 19 heavy (non-hydrogen) atoms. The van der Waals surface area contributed by atoms with Crippen LogP contribution in [0.25, 0.3) is 0 Å². The van der Waals surface area contributed by atoms with E-state index in [4.69, 9.17) is 17.3 Å². The van der Waals surface area contributed by atoms with Gasteiger partial charge in [0.15, 0.2) is 0 Å². The predicted molar refractivity (Wildman–Crippen MR) is 80.5 cm³/mol. The van der Waals surface area contributed by atoms with Crippen molar-refractivity contribution in [3.05, 3.63) is 35.9 Å². The van der Waals surface area contributed by atoms with Crippen molar-refractivity contribution < 1.29 is 4.79 Å². The van der Waals surface area contributed by atoms with Crippen LogP contribution in [-0.2, 0) is 0 Å². The number of benzene rings is 1. The molecule has 4 heteroatoms. The molecule has 0 saturated heterocycles. The number of alkyl halides is 1. The summed E-state index contributed by atoms with van der Waals surface area (Å²) in [6.45, 7) is 4.65. The smallest absolute Gasteiger partial charge is 0.251 e. The van der Waals surface area contributed by atoms with Crippen molar-refractivity contribution in [3.8, 4) is 0 Å². The molecule has 0 aliphatic carbocycles. The molecule has 3 N–H and O–H groups in total. The molecule has 106 valence electrons. The van der Waals surface area contributed by atoms with Crippen molar-refractivity contribution in [1.82, 2.24) is 5.32 Å². The van der Waals surface area contributed by atoms with E-state index in [0.29, 0.717) is 12.1 Å². The largest absolute Gasteiger partial charge is 0.352 e. The van der Waals surface area contributed by atoms with Crippen LogP contribution < -0.4 is 11.1 Å². The van der Waals surface area contributed by atoms with Crippen LogP contribution in [0.2, 0.25) is 0 Å². The zero-order valence-electron chi connectivity index (χ0n) is 11.6. The summed E-state index contributed by atoms with van der Waals surface area (Å²) in [5.74, 6) is 0.143. The Balaban J connectivity index is 2.52. The molecule has 3 unspecified atom stereocenters. The Morgan fingerprint density at radius 3 is 2.42 bits per heavy atom. The molecule has 1 rings (SSSR count). The Morgan fingerprint density at radius 1 is 1.26 bits per heavy atom. The Morgan fingerprint density at radius 2 is 1.89 bits per heavy atom.